The molecule has 0 spiro atoms. The highest BCUT2D eigenvalue weighted by molar-refractivity contribution is 7.11. The number of amides is 1. The maximum absolute atomic E-state index is 12.0. The Morgan fingerprint density at radius 3 is 2.62 bits per heavy atom. The van der Waals surface area contributed by atoms with E-state index in [-0.39, 0.29) is 5.91 Å². The molecule has 2 heterocycles. The number of piperazine rings is 1. The number of hydrogen-bond acceptors (Lipinski definition) is 5. The van der Waals surface area contributed by atoms with Gasteiger partial charge in [0.2, 0.25) is 5.91 Å². The fraction of sp³-hybridized carbons (Fsp3) is 0.778. The van der Waals surface area contributed by atoms with Crippen LogP contribution in [0, 0.1) is 13.8 Å². The van der Waals surface area contributed by atoms with Crippen LogP contribution in [0.3, 0.4) is 0 Å². The number of aromatic nitrogens is 1. The molecule has 0 aromatic carbocycles. The predicted molar refractivity (Wildman–Crippen MR) is 101 cm³/mol. The molecule has 0 bridgehead atoms. The molecule has 1 fully saturated rings. The average molecular weight is 353 g/mol. The third-order valence-corrected chi connectivity index (χ3v) is 6.05. The first kappa shape index (κ1) is 19.3. The first-order valence-electron chi connectivity index (χ1n) is 9.08. The molecule has 1 aromatic rings. The van der Waals surface area contributed by atoms with Gasteiger partial charge >= 0.3 is 0 Å². The summed E-state index contributed by atoms with van der Waals surface area (Å²) >= 11 is 1.77. The monoisotopic (exact) mass is 352 g/mol. The molecule has 1 amide bonds. The summed E-state index contributed by atoms with van der Waals surface area (Å²) in [5.74, 6) is 0.183. The molecule has 6 heteroatoms. The molecule has 1 atom stereocenters. The second-order valence-electron chi connectivity index (χ2n) is 6.93. The Bertz CT molecular complexity index is 504. The Morgan fingerprint density at radius 2 is 2.00 bits per heavy atom. The van der Waals surface area contributed by atoms with Gasteiger partial charge in [0.15, 0.2) is 0 Å². The molecular formula is C18H32N4OS. The number of nitrogens with one attached hydrogen (secondary N) is 1. The number of aryl methyl sites for hydroxylation is 3. The second-order valence-corrected chi connectivity index (χ2v) is 8.22. The largest absolute Gasteiger partial charge is 0.356 e. The standard InChI is InChI=1S/C18H32N4OS/c1-14(22-12-10-21(4)11-13-22)7-8-17(23)19-9-5-6-18-20-15(2)16(3)24-18/h14H,5-13H2,1-4H3,(H,19,23)/t14-/m1/s1. The van der Waals surface area contributed by atoms with Crippen molar-refractivity contribution in [3.63, 3.8) is 0 Å². The number of carbonyl (C=O) groups is 1. The maximum Gasteiger partial charge on any atom is 0.220 e. The van der Waals surface area contributed by atoms with Crippen molar-refractivity contribution in [2.45, 2.75) is 52.5 Å². The SMILES string of the molecule is Cc1nc(CCCNC(=O)CC[C@@H](C)N2CCN(C)CC2)sc1C. The minimum atomic E-state index is 0.183. The van der Waals surface area contributed by atoms with Gasteiger partial charge in [-0.05, 0) is 40.7 Å². The molecule has 1 aromatic heterocycles. The van der Waals surface area contributed by atoms with Crippen molar-refractivity contribution < 1.29 is 4.79 Å². The van der Waals surface area contributed by atoms with Crippen molar-refractivity contribution in [3.05, 3.63) is 15.6 Å². The molecule has 1 aliphatic rings. The highest BCUT2D eigenvalue weighted by Gasteiger charge is 2.19. The van der Waals surface area contributed by atoms with Gasteiger partial charge in [-0.1, -0.05) is 0 Å². The summed E-state index contributed by atoms with van der Waals surface area (Å²) in [7, 11) is 2.17. The third kappa shape index (κ3) is 6.15. The minimum absolute atomic E-state index is 0.183. The van der Waals surface area contributed by atoms with Gasteiger partial charge < -0.3 is 10.2 Å². The Hall–Kier alpha value is -0.980. The van der Waals surface area contributed by atoms with Gasteiger partial charge in [0.1, 0.15) is 0 Å². The molecule has 5 nitrogen and oxygen atoms in total. The fourth-order valence-corrected chi connectivity index (χ4v) is 3.96. The van der Waals surface area contributed by atoms with Crippen molar-refractivity contribution in [2.75, 3.05) is 39.8 Å². The number of carbonyl (C=O) groups excluding carboxylic acids is 1. The average Bonchev–Trinajstić information content (AvgIpc) is 2.88. The minimum Gasteiger partial charge on any atom is -0.356 e. The normalized spacial score (nSPS) is 17.8. The zero-order chi connectivity index (χ0) is 17.5. The van der Waals surface area contributed by atoms with Gasteiger partial charge in [0, 0.05) is 56.5 Å². The highest BCUT2D eigenvalue weighted by Crippen LogP contribution is 2.17. The van der Waals surface area contributed by atoms with Crippen LogP contribution in [-0.4, -0.2) is 66.5 Å². The summed E-state index contributed by atoms with van der Waals surface area (Å²) in [4.78, 5) is 22.7. The lowest BCUT2D eigenvalue weighted by molar-refractivity contribution is -0.121. The first-order valence-corrected chi connectivity index (χ1v) is 9.89. The van der Waals surface area contributed by atoms with Crippen LogP contribution < -0.4 is 5.32 Å². The molecule has 1 saturated heterocycles. The molecule has 0 unspecified atom stereocenters. The zero-order valence-corrected chi connectivity index (χ0v) is 16.4. The van der Waals surface area contributed by atoms with Crippen molar-refractivity contribution in [1.29, 1.82) is 0 Å². The molecule has 136 valence electrons. The van der Waals surface area contributed by atoms with Crippen LogP contribution in [0.15, 0.2) is 0 Å². The molecule has 0 saturated carbocycles. The van der Waals surface area contributed by atoms with E-state index in [1.54, 1.807) is 11.3 Å². The van der Waals surface area contributed by atoms with E-state index in [0.717, 1.165) is 57.7 Å². The van der Waals surface area contributed by atoms with E-state index in [4.69, 9.17) is 0 Å². The number of hydrogen-bond donors (Lipinski definition) is 1. The lowest BCUT2D eigenvalue weighted by atomic mass is 10.1. The van der Waals surface area contributed by atoms with E-state index in [1.165, 1.54) is 9.88 Å². The number of likely N-dealkylation sites (N-methyl/N-ethyl adjacent to an activating group) is 1. The Morgan fingerprint density at radius 1 is 1.29 bits per heavy atom. The molecule has 2 rings (SSSR count). The van der Waals surface area contributed by atoms with Crippen molar-refractivity contribution >= 4 is 17.2 Å². The summed E-state index contributed by atoms with van der Waals surface area (Å²) < 4.78 is 0. The van der Waals surface area contributed by atoms with E-state index in [2.05, 4.69) is 47.9 Å². The van der Waals surface area contributed by atoms with Gasteiger partial charge in [0.25, 0.3) is 0 Å². The van der Waals surface area contributed by atoms with Gasteiger partial charge in [-0.2, -0.15) is 0 Å². The molecule has 24 heavy (non-hydrogen) atoms. The van der Waals surface area contributed by atoms with Crippen LogP contribution in [-0.2, 0) is 11.2 Å². The number of rotatable bonds is 8. The van der Waals surface area contributed by atoms with Gasteiger partial charge in [-0.25, -0.2) is 4.98 Å². The molecular weight excluding hydrogens is 320 g/mol. The molecule has 1 N–H and O–H groups in total. The predicted octanol–water partition coefficient (Wildman–Crippen LogP) is 2.22. The van der Waals surface area contributed by atoms with E-state index in [1.807, 2.05) is 0 Å². The van der Waals surface area contributed by atoms with Crippen LogP contribution in [0.25, 0.3) is 0 Å². The third-order valence-electron chi connectivity index (χ3n) is 4.91. The van der Waals surface area contributed by atoms with Gasteiger partial charge in [-0.3, -0.25) is 9.69 Å². The van der Waals surface area contributed by atoms with Crippen LogP contribution in [0.1, 0.15) is 41.8 Å². The Kier molecular flexibility index (Phi) is 7.65. The number of nitrogens with zero attached hydrogens (tertiary/aromatic N) is 3. The van der Waals surface area contributed by atoms with Crippen molar-refractivity contribution in [3.8, 4) is 0 Å². The smallest absolute Gasteiger partial charge is 0.220 e. The van der Waals surface area contributed by atoms with E-state index >= 15 is 0 Å². The van der Waals surface area contributed by atoms with Crippen molar-refractivity contribution in [2.24, 2.45) is 0 Å². The lowest BCUT2D eigenvalue weighted by Crippen LogP contribution is -2.48. The Balaban J connectivity index is 1.56. The van der Waals surface area contributed by atoms with E-state index in [9.17, 15) is 4.79 Å². The van der Waals surface area contributed by atoms with Gasteiger partial charge in [-0.15, -0.1) is 11.3 Å². The van der Waals surface area contributed by atoms with Crippen LogP contribution in [0.5, 0.6) is 0 Å². The van der Waals surface area contributed by atoms with E-state index < -0.39 is 0 Å². The quantitative estimate of drug-likeness (QED) is 0.729. The fourth-order valence-electron chi connectivity index (χ4n) is 2.99. The highest BCUT2D eigenvalue weighted by atomic mass is 32.1. The molecule has 1 aliphatic heterocycles. The maximum atomic E-state index is 12.0. The number of thiazole rings is 1. The summed E-state index contributed by atoms with van der Waals surface area (Å²) in [6, 6.07) is 0.491. The summed E-state index contributed by atoms with van der Waals surface area (Å²) in [6.45, 7) is 11.7. The zero-order valence-electron chi connectivity index (χ0n) is 15.6. The Labute approximate surface area is 150 Å². The molecule has 0 radical (unpaired) electrons. The van der Waals surface area contributed by atoms with Crippen molar-refractivity contribution in [1.82, 2.24) is 20.1 Å². The van der Waals surface area contributed by atoms with Gasteiger partial charge in [0.05, 0.1) is 10.7 Å². The van der Waals surface area contributed by atoms with E-state index in [0.29, 0.717) is 12.5 Å². The second kappa shape index (κ2) is 9.49. The molecule has 0 aliphatic carbocycles. The lowest BCUT2D eigenvalue weighted by Gasteiger charge is -2.36. The topological polar surface area (TPSA) is 48.5 Å². The summed E-state index contributed by atoms with van der Waals surface area (Å²) in [5, 5.41) is 4.23. The summed E-state index contributed by atoms with van der Waals surface area (Å²) in [5.41, 5.74) is 1.14. The van der Waals surface area contributed by atoms with Crippen LogP contribution in [0.2, 0.25) is 0 Å². The van der Waals surface area contributed by atoms with Crippen LogP contribution >= 0.6 is 11.3 Å². The first-order chi connectivity index (χ1) is 11.5. The summed E-state index contributed by atoms with van der Waals surface area (Å²) in [6.07, 6.45) is 3.49. The van der Waals surface area contributed by atoms with Crippen LogP contribution in [0.4, 0.5) is 0 Å².